The summed E-state index contributed by atoms with van der Waals surface area (Å²) in [5.74, 6) is 1.64. The topological polar surface area (TPSA) is 67.9 Å². The Bertz CT molecular complexity index is 674. The van der Waals surface area contributed by atoms with E-state index < -0.39 is 0 Å². The normalized spacial score (nSPS) is 19.9. The van der Waals surface area contributed by atoms with Gasteiger partial charge in [0.1, 0.15) is 0 Å². The van der Waals surface area contributed by atoms with Gasteiger partial charge in [-0.3, -0.25) is 9.59 Å². The highest BCUT2D eigenvalue weighted by molar-refractivity contribution is 6.00. The lowest BCUT2D eigenvalue weighted by molar-refractivity contribution is -0.126. The summed E-state index contributed by atoms with van der Waals surface area (Å²) in [6, 6.07) is 5.57. The van der Waals surface area contributed by atoms with Gasteiger partial charge in [0.15, 0.2) is 11.5 Å². The van der Waals surface area contributed by atoms with Crippen LogP contribution in [0.5, 0.6) is 11.5 Å². The number of carbonyl (C=O) groups is 2. The SMILES string of the molecule is CC(C)CCCC(C)NC(=O)C1CC(=O)N(c2ccc3c(c2)OCO3)C1. The van der Waals surface area contributed by atoms with E-state index in [-0.39, 0.29) is 37.0 Å². The molecule has 2 aliphatic heterocycles. The van der Waals surface area contributed by atoms with Crippen molar-refractivity contribution in [1.82, 2.24) is 5.32 Å². The smallest absolute Gasteiger partial charge is 0.231 e. The van der Waals surface area contributed by atoms with E-state index >= 15 is 0 Å². The third-order valence-electron chi connectivity index (χ3n) is 4.97. The minimum Gasteiger partial charge on any atom is -0.454 e. The van der Waals surface area contributed by atoms with Crippen molar-refractivity contribution >= 4 is 17.5 Å². The first-order chi connectivity index (χ1) is 12.4. The summed E-state index contributed by atoms with van der Waals surface area (Å²) in [4.78, 5) is 26.6. The Labute approximate surface area is 154 Å². The minimum absolute atomic E-state index is 0.0290. The molecule has 1 fully saturated rings. The number of nitrogens with one attached hydrogen (secondary N) is 1. The molecule has 6 nitrogen and oxygen atoms in total. The third kappa shape index (κ3) is 4.29. The highest BCUT2D eigenvalue weighted by Gasteiger charge is 2.36. The van der Waals surface area contributed by atoms with Gasteiger partial charge in [-0.2, -0.15) is 0 Å². The van der Waals surface area contributed by atoms with E-state index in [0.717, 1.165) is 18.5 Å². The molecular formula is C20H28N2O4. The molecular weight excluding hydrogens is 332 g/mol. The van der Waals surface area contributed by atoms with E-state index in [1.807, 2.05) is 13.0 Å². The zero-order valence-electron chi connectivity index (χ0n) is 15.8. The Morgan fingerprint density at radius 2 is 2.00 bits per heavy atom. The van der Waals surface area contributed by atoms with Gasteiger partial charge in [-0.1, -0.05) is 26.7 Å². The van der Waals surface area contributed by atoms with E-state index in [1.165, 1.54) is 6.42 Å². The third-order valence-corrected chi connectivity index (χ3v) is 4.97. The molecule has 1 saturated heterocycles. The van der Waals surface area contributed by atoms with Crippen LogP contribution in [0.1, 0.15) is 46.5 Å². The molecule has 3 rings (SSSR count). The van der Waals surface area contributed by atoms with E-state index in [4.69, 9.17) is 9.47 Å². The zero-order chi connectivity index (χ0) is 18.7. The van der Waals surface area contributed by atoms with Crippen LogP contribution in [-0.2, 0) is 9.59 Å². The molecule has 26 heavy (non-hydrogen) atoms. The molecule has 0 bridgehead atoms. The van der Waals surface area contributed by atoms with Crippen LogP contribution in [-0.4, -0.2) is 31.2 Å². The van der Waals surface area contributed by atoms with Gasteiger partial charge < -0.3 is 19.7 Å². The van der Waals surface area contributed by atoms with E-state index in [2.05, 4.69) is 19.2 Å². The standard InChI is InChI=1S/C20H28N2O4/c1-13(2)5-4-6-14(3)21-20(24)15-9-19(23)22(11-15)16-7-8-17-18(10-16)26-12-25-17/h7-8,10,13-15H,4-6,9,11-12H2,1-3H3,(H,21,24). The summed E-state index contributed by atoms with van der Waals surface area (Å²) in [7, 11) is 0. The summed E-state index contributed by atoms with van der Waals surface area (Å²) >= 11 is 0. The Balaban J connectivity index is 1.54. The van der Waals surface area contributed by atoms with Crippen LogP contribution in [0, 0.1) is 11.8 Å². The van der Waals surface area contributed by atoms with Crippen LogP contribution in [0.15, 0.2) is 18.2 Å². The van der Waals surface area contributed by atoms with Gasteiger partial charge in [-0.15, -0.1) is 0 Å². The molecule has 6 heteroatoms. The number of carbonyl (C=O) groups excluding carboxylic acids is 2. The monoisotopic (exact) mass is 360 g/mol. The second-order valence-corrected chi connectivity index (χ2v) is 7.68. The molecule has 0 saturated carbocycles. The highest BCUT2D eigenvalue weighted by Crippen LogP contribution is 2.37. The fourth-order valence-electron chi connectivity index (χ4n) is 3.45. The molecule has 1 aromatic carbocycles. The Morgan fingerprint density at radius 3 is 2.77 bits per heavy atom. The first kappa shape index (κ1) is 18.5. The number of fused-ring (bicyclic) bond motifs is 1. The lowest BCUT2D eigenvalue weighted by Gasteiger charge is -2.19. The van der Waals surface area contributed by atoms with Gasteiger partial charge in [0.05, 0.1) is 5.92 Å². The van der Waals surface area contributed by atoms with Crippen molar-refractivity contribution in [3.63, 3.8) is 0 Å². The summed E-state index contributed by atoms with van der Waals surface area (Å²) in [6.07, 6.45) is 3.49. The summed E-state index contributed by atoms with van der Waals surface area (Å²) in [5, 5.41) is 3.07. The van der Waals surface area contributed by atoms with E-state index in [0.29, 0.717) is 24.0 Å². The van der Waals surface area contributed by atoms with Crippen LogP contribution in [0.3, 0.4) is 0 Å². The minimum atomic E-state index is -0.305. The Morgan fingerprint density at radius 1 is 1.23 bits per heavy atom. The molecule has 2 amide bonds. The number of anilines is 1. The predicted octanol–water partition coefficient (Wildman–Crippen LogP) is 3.10. The molecule has 2 unspecified atom stereocenters. The van der Waals surface area contributed by atoms with Crippen molar-refractivity contribution in [3.8, 4) is 11.5 Å². The van der Waals surface area contributed by atoms with Gasteiger partial charge in [-0.05, 0) is 31.4 Å². The molecule has 0 radical (unpaired) electrons. The molecule has 2 aliphatic rings. The van der Waals surface area contributed by atoms with Gasteiger partial charge in [0.25, 0.3) is 0 Å². The zero-order valence-corrected chi connectivity index (χ0v) is 15.8. The number of nitrogens with zero attached hydrogens (tertiary/aromatic N) is 1. The van der Waals surface area contributed by atoms with Gasteiger partial charge in [0, 0.05) is 30.8 Å². The van der Waals surface area contributed by atoms with Crippen LogP contribution >= 0.6 is 0 Å². The number of rotatable bonds is 7. The largest absolute Gasteiger partial charge is 0.454 e. The lowest BCUT2D eigenvalue weighted by Crippen LogP contribution is -2.38. The second-order valence-electron chi connectivity index (χ2n) is 7.68. The van der Waals surface area contributed by atoms with Crippen LogP contribution < -0.4 is 19.7 Å². The fourth-order valence-corrected chi connectivity index (χ4v) is 3.45. The summed E-state index contributed by atoms with van der Waals surface area (Å²) in [5.41, 5.74) is 0.750. The quantitative estimate of drug-likeness (QED) is 0.811. The molecule has 0 spiro atoms. The molecule has 142 valence electrons. The Hall–Kier alpha value is -2.24. The maximum Gasteiger partial charge on any atom is 0.231 e. The van der Waals surface area contributed by atoms with Crippen molar-refractivity contribution in [2.45, 2.75) is 52.5 Å². The lowest BCUT2D eigenvalue weighted by atomic mass is 10.0. The Kier molecular flexibility index (Phi) is 5.69. The van der Waals surface area contributed by atoms with E-state index in [1.54, 1.807) is 17.0 Å². The second kappa shape index (κ2) is 7.98. The summed E-state index contributed by atoms with van der Waals surface area (Å²) < 4.78 is 10.7. The van der Waals surface area contributed by atoms with Gasteiger partial charge >= 0.3 is 0 Å². The molecule has 1 N–H and O–H groups in total. The van der Waals surface area contributed by atoms with Crippen LogP contribution in [0.2, 0.25) is 0 Å². The van der Waals surface area contributed by atoms with Crippen LogP contribution in [0.25, 0.3) is 0 Å². The van der Waals surface area contributed by atoms with Crippen molar-refractivity contribution in [2.24, 2.45) is 11.8 Å². The maximum absolute atomic E-state index is 12.5. The first-order valence-corrected chi connectivity index (χ1v) is 9.44. The molecule has 0 aliphatic carbocycles. The van der Waals surface area contributed by atoms with Crippen molar-refractivity contribution in [3.05, 3.63) is 18.2 Å². The number of hydrogen-bond acceptors (Lipinski definition) is 4. The first-order valence-electron chi connectivity index (χ1n) is 9.44. The highest BCUT2D eigenvalue weighted by atomic mass is 16.7. The van der Waals surface area contributed by atoms with E-state index in [9.17, 15) is 9.59 Å². The number of ether oxygens (including phenoxy) is 2. The maximum atomic E-state index is 12.5. The van der Waals surface area contributed by atoms with Crippen molar-refractivity contribution in [2.75, 3.05) is 18.2 Å². The van der Waals surface area contributed by atoms with Crippen molar-refractivity contribution in [1.29, 1.82) is 0 Å². The summed E-state index contributed by atoms with van der Waals surface area (Å²) in [6.45, 7) is 7.05. The number of amides is 2. The van der Waals surface area contributed by atoms with Crippen molar-refractivity contribution < 1.29 is 19.1 Å². The fraction of sp³-hybridized carbons (Fsp3) is 0.600. The molecule has 2 heterocycles. The van der Waals surface area contributed by atoms with Gasteiger partial charge in [-0.25, -0.2) is 0 Å². The number of hydrogen-bond donors (Lipinski definition) is 1. The van der Waals surface area contributed by atoms with Gasteiger partial charge in [0.2, 0.25) is 18.6 Å². The molecule has 1 aromatic rings. The average molecular weight is 360 g/mol. The number of benzene rings is 1. The molecule has 2 atom stereocenters. The molecule has 0 aromatic heterocycles. The average Bonchev–Trinajstić information content (AvgIpc) is 3.19. The van der Waals surface area contributed by atoms with Crippen LogP contribution in [0.4, 0.5) is 5.69 Å². The predicted molar refractivity (Wildman–Crippen MR) is 99.3 cm³/mol.